The van der Waals surface area contributed by atoms with Gasteiger partial charge in [-0.2, -0.15) is 0 Å². The quantitative estimate of drug-likeness (QED) is 0.676. The molecule has 0 N–H and O–H groups in total. The molecule has 0 unspecified atom stereocenters. The molecule has 0 aliphatic heterocycles. The Labute approximate surface area is 78.0 Å². The van der Waals surface area contributed by atoms with Crippen LogP contribution in [0.5, 0.6) is 0 Å². The molecule has 1 aromatic heterocycles. The molecule has 0 amide bonds. The monoisotopic (exact) mass is 184 g/mol. The van der Waals surface area contributed by atoms with Gasteiger partial charge < -0.3 is 0 Å². The van der Waals surface area contributed by atoms with Gasteiger partial charge in [0.05, 0.1) is 0 Å². The van der Waals surface area contributed by atoms with Crippen molar-refractivity contribution in [1.29, 1.82) is 0 Å². The molecule has 12 heavy (non-hydrogen) atoms. The van der Waals surface area contributed by atoms with Gasteiger partial charge >= 0.3 is 0 Å². The number of rotatable bonds is 3. The highest BCUT2D eigenvalue weighted by atomic mass is 35.5. The number of unbranched alkanes of at least 4 members (excludes halogenated alkanes) is 1. The van der Waals surface area contributed by atoms with Crippen molar-refractivity contribution in [1.82, 2.24) is 9.97 Å². The van der Waals surface area contributed by atoms with E-state index in [1.54, 1.807) is 6.20 Å². The molecule has 0 atom stereocenters. The van der Waals surface area contributed by atoms with Crippen LogP contribution in [0.25, 0.3) is 0 Å². The number of hydrogen-bond acceptors (Lipinski definition) is 2. The lowest BCUT2D eigenvalue weighted by atomic mass is 10.2. The minimum atomic E-state index is 0.580. The molecule has 0 radical (unpaired) electrons. The van der Waals surface area contributed by atoms with Gasteiger partial charge in [-0.1, -0.05) is 24.9 Å². The minimum absolute atomic E-state index is 0.580. The maximum absolute atomic E-state index is 5.84. The van der Waals surface area contributed by atoms with Crippen LogP contribution in [0.4, 0.5) is 0 Å². The minimum Gasteiger partial charge on any atom is -0.241 e. The van der Waals surface area contributed by atoms with Crippen molar-refractivity contribution in [2.24, 2.45) is 0 Å². The molecule has 0 spiro atoms. The Morgan fingerprint density at radius 2 is 2.25 bits per heavy atom. The fourth-order valence-electron chi connectivity index (χ4n) is 0.910. The Morgan fingerprint density at radius 1 is 1.50 bits per heavy atom. The molecular weight excluding hydrogens is 172 g/mol. The predicted molar refractivity (Wildman–Crippen MR) is 50.4 cm³/mol. The fraction of sp³-hybridized carbons (Fsp3) is 0.556. The van der Waals surface area contributed by atoms with E-state index in [-0.39, 0.29) is 0 Å². The summed E-state index contributed by atoms with van der Waals surface area (Å²) in [6.45, 7) is 4.06. The zero-order chi connectivity index (χ0) is 8.97. The maximum atomic E-state index is 5.84. The first-order valence-corrected chi connectivity index (χ1v) is 4.60. The van der Waals surface area contributed by atoms with Crippen molar-refractivity contribution >= 4 is 11.6 Å². The van der Waals surface area contributed by atoms with E-state index in [1.807, 2.05) is 6.92 Å². The molecule has 2 nitrogen and oxygen atoms in total. The first-order valence-electron chi connectivity index (χ1n) is 4.22. The Morgan fingerprint density at radius 3 is 2.83 bits per heavy atom. The lowest BCUT2D eigenvalue weighted by molar-refractivity contribution is 0.750. The molecule has 0 aromatic carbocycles. The van der Waals surface area contributed by atoms with E-state index in [9.17, 15) is 0 Å². The average Bonchev–Trinajstić information content (AvgIpc) is 2.07. The van der Waals surface area contributed by atoms with Crippen LogP contribution in [0, 0.1) is 6.92 Å². The standard InChI is InChI=1S/C9H13ClN2/c1-3-4-5-8-11-6-7(2)9(10)12-8/h6H,3-5H2,1-2H3. The molecule has 0 saturated carbocycles. The van der Waals surface area contributed by atoms with Crippen LogP contribution in [0.2, 0.25) is 5.15 Å². The molecule has 1 heterocycles. The summed E-state index contributed by atoms with van der Waals surface area (Å²) >= 11 is 5.84. The van der Waals surface area contributed by atoms with Crippen molar-refractivity contribution in [2.75, 3.05) is 0 Å². The van der Waals surface area contributed by atoms with Crippen molar-refractivity contribution in [2.45, 2.75) is 33.1 Å². The predicted octanol–water partition coefficient (Wildman–Crippen LogP) is 2.78. The van der Waals surface area contributed by atoms with E-state index in [4.69, 9.17) is 11.6 Å². The average molecular weight is 185 g/mol. The molecule has 1 aromatic rings. The van der Waals surface area contributed by atoms with Crippen LogP contribution in [0.3, 0.4) is 0 Å². The number of aryl methyl sites for hydroxylation is 2. The van der Waals surface area contributed by atoms with Gasteiger partial charge in [0.1, 0.15) is 11.0 Å². The molecule has 0 fully saturated rings. The van der Waals surface area contributed by atoms with E-state index in [0.717, 1.165) is 30.7 Å². The Bertz CT molecular complexity index is 261. The maximum Gasteiger partial charge on any atom is 0.135 e. The van der Waals surface area contributed by atoms with Gasteiger partial charge in [-0.25, -0.2) is 9.97 Å². The van der Waals surface area contributed by atoms with Crippen molar-refractivity contribution in [3.63, 3.8) is 0 Å². The first-order chi connectivity index (χ1) is 5.74. The SMILES string of the molecule is CCCCc1ncc(C)c(Cl)n1. The second-order valence-electron chi connectivity index (χ2n) is 2.86. The van der Waals surface area contributed by atoms with Crippen LogP contribution in [-0.2, 0) is 6.42 Å². The van der Waals surface area contributed by atoms with Crippen LogP contribution in [0.1, 0.15) is 31.2 Å². The van der Waals surface area contributed by atoms with Crippen molar-refractivity contribution in [3.05, 3.63) is 22.7 Å². The summed E-state index contributed by atoms with van der Waals surface area (Å²) < 4.78 is 0. The van der Waals surface area contributed by atoms with Gasteiger partial charge in [0.25, 0.3) is 0 Å². The summed E-state index contributed by atoms with van der Waals surface area (Å²) in [5.74, 6) is 0.854. The lowest BCUT2D eigenvalue weighted by Crippen LogP contribution is -1.96. The molecule has 3 heteroatoms. The highest BCUT2D eigenvalue weighted by Crippen LogP contribution is 2.10. The number of nitrogens with zero attached hydrogens (tertiary/aromatic N) is 2. The van der Waals surface area contributed by atoms with Gasteiger partial charge in [0.2, 0.25) is 0 Å². The number of hydrogen-bond donors (Lipinski definition) is 0. The van der Waals surface area contributed by atoms with Gasteiger partial charge in [-0.05, 0) is 13.3 Å². The van der Waals surface area contributed by atoms with Crippen LogP contribution >= 0.6 is 11.6 Å². The van der Waals surface area contributed by atoms with Gasteiger partial charge in [-0.15, -0.1) is 0 Å². The molecule has 0 bridgehead atoms. The molecule has 1 rings (SSSR count). The van der Waals surface area contributed by atoms with Crippen LogP contribution in [0.15, 0.2) is 6.20 Å². The largest absolute Gasteiger partial charge is 0.241 e. The van der Waals surface area contributed by atoms with Crippen molar-refractivity contribution in [3.8, 4) is 0 Å². The van der Waals surface area contributed by atoms with Gasteiger partial charge in [0.15, 0.2) is 0 Å². The first kappa shape index (κ1) is 9.46. The Hall–Kier alpha value is -0.630. The summed E-state index contributed by atoms with van der Waals surface area (Å²) in [5.41, 5.74) is 0.942. The van der Waals surface area contributed by atoms with E-state index in [0.29, 0.717) is 5.15 Å². The zero-order valence-electron chi connectivity index (χ0n) is 7.47. The summed E-state index contributed by atoms with van der Waals surface area (Å²) in [5, 5.41) is 0.580. The Balaban J connectivity index is 2.69. The summed E-state index contributed by atoms with van der Waals surface area (Å²) in [6, 6.07) is 0. The van der Waals surface area contributed by atoms with Gasteiger partial charge in [0, 0.05) is 18.2 Å². The fourth-order valence-corrected chi connectivity index (χ4v) is 1.06. The summed E-state index contributed by atoms with van der Waals surface area (Å²) in [6.07, 6.45) is 4.99. The number of aromatic nitrogens is 2. The van der Waals surface area contributed by atoms with E-state index < -0.39 is 0 Å². The molecule has 0 aliphatic rings. The van der Waals surface area contributed by atoms with Gasteiger partial charge in [-0.3, -0.25) is 0 Å². The summed E-state index contributed by atoms with van der Waals surface area (Å²) in [4.78, 5) is 8.35. The third-order valence-corrected chi connectivity index (χ3v) is 2.10. The highest BCUT2D eigenvalue weighted by Gasteiger charge is 1.99. The topological polar surface area (TPSA) is 25.8 Å². The smallest absolute Gasteiger partial charge is 0.135 e. The van der Waals surface area contributed by atoms with Crippen LogP contribution < -0.4 is 0 Å². The van der Waals surface area contributed by atoms with Crippen molar-refractivity contribution < 1.29 is 0 Å². The third-order valence-electron chi connectivity index (χ3n) is 1.71. The number of halogens is 1. The highest BCUT2D eigenvalue weighted by molar-refractivity contribution is 6.30. The lowest BCUT2D eigenvalue weighted by Gasteiger charge is -2.00. The van der Waals surface area contributed by atoms with E-state index >= 15 is 0 Å². The zero-order valence-corrected chi connectivity index (χ0v) is 8.23. The normalized spacial score (nSPS) is 10.2. The van der Waals surface area contributed by atoms with E-state index in [1.165, 1.54) is 0 Å². The molecular formula is C9H13ClN2. The molecule has 0 aliphatic carbocycles. The molecule has 0 saturated heterocycles. The summed E-state index contributed by atoms with van der Waals surface area (Å²) in [7, 11) is 0. The van der Waals surface area contributed by atoms with Crippen LogP contribution in [-0.4, -0.2) is 9.97 Å². The Kier molecular flexibility index (Phi) is 3.48. The second kappa shape index (κ2) is 4.41. The molecule has 66 valence electrons. The second-order valence-corrected chi connectivity index (χ2v) is 3.22. The van der Waals surface area contributed by atoms with E-state index in [2.05, 4.69) is 16.9 Å². The third kappa shape index (κ3) is 2.45.